The first-order valence-corrected chi connectivity index (χ1v) is 5.96. The van der Waals surface area contributed by atoms with Gasteiger partial charge in [-0.15, -0.1) is 0 Å². The summed E-state index contributed by atoms with van der Waals surface area (Å²) >= 11 is 0. The van der Waals surface area contributed by atoms with Gasteiger partial charge in [-0.2, -0.15) is 0 Å². The third kappa shape index (κ3) is 3.43. The van der Waals surface area contributed by atoms with E-state index in [9.17, 15) is 18.9 Å². The second-order valence-corrected chi connectivity index (χ2v) is 5.04. The molecule has 0 aliphatic rings. The van der Waals surface area contributed by atoms with Crippen LogP contribution in [0.25, 0.3) is 0 Å². The zero-order valence-electron chi connectivity index (χ0n) is 9.31. The van der Waals surface area contributed by atoms with E-state index in [0.717, 1.165) is 6.92 Å². The summed E-state index contributed by atoms with van der Waals surface area (Å²) in [5, 5.41) is 26.2. The largest absolute Gasteiger partial charge is 0.480 e. The van der Waals surface area contributed by atoms with Crippen molar-refractivity contribution in [2.24, 2.45) is 5.41 Å². The summed E-state index contributed by atoms with van der Waals surface area (Å²) < 4.78 is 11.0. The first-order chi connectivity index (χ1) is 7.52. The Kier molecular flexibility index (Phi) is 7.65. The molecule has 5 N–H and O–H groups in total. The molecule has 18 heavy (non-hydrogen) atoms. The number of aliphatic carboxylic acids is 3. The van der Waals surface area contributed by atoms with Crippen LogP contribution in [-0.4, -0.2) is 86.4 Å². The molecule has 9 nitrogen and oxygen atoms in total. The molecular formula is C7H11CaO9P. The van der Waals surface area contributed by atoms with Crippen molar-refractivity contribution in [2.75, 3.05) is 0 Å². The van der Waals surface area contributed by atoms with Crippen molar-refractivity contribution in [1.29, 1.82) is 0 Å². The van der Waals surface area contributed by atoms with Gasteiger partial charge in [-0.25, -0.2) is 0 Å². The van der Waals surface area contributed by atoms with Crippen molar-refractivity contribution in [3.05, 3.63) is 0 Å². The molecule has 1 unspecified atom stereocenters. The standard InChI is InChI=1S/C7H11O9P.Ca/c1-2-3(17(14,15)16)7(4(8)9,5(10)11)6(12)13;/h3H,2H2,1H3,(H,8,9)(H,10,11)(H,12,13)(H2,14,15,16);. The van der Waals surface area contributed by atoms with Gasteiger partial charge in [0, 0.05) is 37.7 Å². The quantitative estimate of drug-likeness (QED) is 0.230. The van der Waals surface area contributed by atoms with Gasteiger partial charge in [-0.1, -0.05) is 6.92 Å². The molecule has 2 radical (unpaired) electrons. The summed E-state index contributed by atoms with van der Waals surface area (Å²) in [5.74, 6) is -6.98. The molecule has 0 rings (SSSR count). The summed E-state index contributed by atoms with van der Waals surface area (Å²) in [7, 11) is -5.20. The maximum atomic E-state index is 11.0. The van der Waals surface area contributed by atoms with Crippen LogP contribution in [0.3, 0.4) is 0 Å². The molecule has 0 saturated carbocycles. The minimum absolute atomic E-state index is 0. The van der Waals surface area contributed by atoms with Gasteiger partial charge >= 0.3 is 25.5 Å². The van der Waals surface area contributed by atoms with Crippen LogP contribution in [0.4, 0.5) is 0 Å². The molecule has 1 atom stereocenters. The van der Waals surface area contributed by atoms with Crippen LogP contribution in [0.1, 0.15) is 13.3 Å². The summed E-state index contributed by atoms with van der Waals surface area (Å²) in [6.45, 7) is 1.09. The van der Waals surface area contributed by atoms with Gasteiger partial charge in [0.1, 0.15) is 0 Å². The third-order valence-electron chi connectivity index (χ3n) is 2.30. The first-order valence-electron chi connectivity index (χ1n) is 4.28. The monoisotopic (exact) mass is 310 g/mol. The molecule has 0 aromatic rings. The number of carboxylic acids is 3. The van der Waals surface area contributed by atoms with Crippen molar-refractivity contribution in [1.82, 2.24) is 0 Å². The van der Waals surface area contributed by atoms with E-state index in [2.05, 4.69) is 0 Å². The first kappa shape index (κ1) is 20.1. The van der Waals surface area contributed by atoms with E-state index in [4.69, 9.17) is 25.1 Å². The van der Waals surface area contributed by atoms with Crippen molar-refractivity contribution >= 4 is 63.2 Å². The Morgan fingerprint density at radius 2 is 1.33 bits per heavy atom. The Bertz CT molecular complexity index is 364. The Morgan fingerprint density at radius 3 is 1.39 bits per heavy atom. The van der Waals surface area contributed by atoms with Gasteiger partial charge in [-0.3, -0.25) is 18.9 Å². The van der Waals surface area contributed by atoms with E-state index in [1.165, 1.54) is 0 Å². The second-order valence-electron chi connectivity index (χ2n) is 3.24. The molecule has 11 heteroatoms. The molecule has 0 fully saturated rings. The minimum atomic E-state index is -5.20. The fourth-order valence-electron chi connectivity index (χ4n) is 1.50. The van der Waals surface area contributed by atoms with Crippen LogP contribution in [0.2, 0.25) is 0 Å². The van der Waals surface area contributed by atoms with Crippen LogP contribution < -0.4 is 0 Å². The van der Waals surface area contributed by atoms with E-state index in [0.29, 0.717) is 0 Å². The molecule has 0 aliphatic heterocycles. The molecule has 0 spiro atoms. The maximum absolute atomic E-state index is 11.0. The molecule has 0 aromatic carbocycles. The van der Waals surface area contributed by atoms with Crippen molar-refractivity contribution < 1.29 is 44.1 Å². The van der Waals surface area contributed by atoms with E-state index < -0.39 is 43.0 Å². The number of hydrogen-bond donors (Lipinski definition) is 5. The van der Waals surface area contributed by atoms with E-state index >= 15 is 0 Å². The Hall–Kier alpha value is -0.180. The van der Waals surface area contributed by atoms with Gasteiger partial charge in [0.2, 0.25) is 0 Å². The molecule has 0 bridgehead atoms. The normalized spacial score (nSPS) is 13.3. The van der Waals surface area contributed by atoms with Crippen LogP contribution in [-0.2, 0) is 18.9 Å². The molecule has 0 aromatic heterocycles. The van der Waals surface area contributed by atoms with E-state index in [1.54, 1.807) is 0 Å². The smallest absolute Gasteiger partial charge is 0.333 e. The Balaban J connectivity index is 0. The summed E-state index contributed by atoms with van der Waals surface area (Å²) in [6.07, 6.45) is -0.616. The van der Waals surface area contributed by atoms with Crippen molar-refractivity contribution in [3.8, 4) is 0 Å². The zero-order valence-corrected chi connectivity index (χ0v) is 12.4. The van der Waals surface area contributed by atoms with Crippen LogP contribution in [0, 0.1) is 5.41 Å². The van der Waals surface area contributed by atoms with Crippen LogP contribution >= 0.6 is 7.60 Å². The average Bonchev–Trinajstić information content (AvgIpc) is 2.09. The Morgan fingerprint density at radius 1 is 1.06 bits per heavy atom. The SMILES string of the molecule is CCC(C(C(=O)O)(C(=O)O)C(=O)O)P(=O)(O)O.[Ca]. The van der Waals surface area contributed by atoms with Gasteiger partial charge in [0.15, 0.2) is 0 Å². The van der Waals surface area contributed by atoms with Gasteiger partial charge in [-0.05, 0) is 6.42 Å². The third-order valence-corrected chi connectivity index (χ3v) is 3.87. The maximum Gasteiger partial charge on any atom is 0.333 e. The topological polar surface area (TPSA) is 169 Å². The molecule has 0 heterocycles. The van der Waals surface area contributed by atoms with Crippen LogP contribution in [0.5, 0.6) is 0 Å². The summed E-state index contributed by atoms with van der Waals surface area (Å²) in [6, 6.07) is 0. The molecule has 0 saturated heterocycles. The van der Waals surface area contributed by atoms with Gasteiger partial charge in [0.05, 0.1) is 5.66 Å². The van der Waals surface area contributed by atoms with Crippen molar-refractivity contribution in [3.63, 3.8) is 0 Å². The molecule has 100 valence electrons. The fourth-order valence-corrected chi connectivity index (χ4v) is 2.81. The van der Waals surface area contributed by atoms with Crippen molar-refractivity contribution in [2.45, 2.75) is 19.0 Å². The molecule has 0 amide bonds. The summed E-state index contributed by atoms with van der Waals surface area (Å²) in [4.78, 5) is 50.3. The number of carboxylic acid groups (broad SMARTS) is 3. The number of carbonyl (C=O) groups is 3. The predicted octanol–water partition coefficient (Wildman–Crippen LogP) is -1.20. The van der Waals surface area contributed by atoms with Gasteiger partial charge in [0.25, 0.3) is 5.41 Å². The average molecular weight is 310 g/mol. The van der Waals surface area contributed by atoms with E-state index in [1.807, 2.05) is 0 Å². The minimum Gasteiger partial charge on any atom is -0.480 e. The van der Waals surface area contributed by atoms with Crippen LogP contribution in [0.15, 0.2) is 0 Å². The van der Waals surface area contributed by atoms with Gasteiger partial charge < -0.3 is 25.1 Å². The zero-order chi connectivity index (χ0) is 14.0. The number of hydrogen-bond acceptors (Lipinski definition) is 4. The molecule has 0 aliphatic carbocycles. The number of rotatable bonds is 6. The summed E-state index contributed by atoms with van der Waals surface area (Å²) in [5.41, 5.74) is -5.91. The Labute approximate surface area is 131 Å². The predicted molar refractivity (Wildman–Crippen MR) is 57.2 cm³/mol. The second kappa shape index (κ2) is 6.83. The van der Waals surface area contributed by atoms with E-state index in [-0.39, 0.29) is 37.7 Å². The fraction of sp³-hybridized carbons (Fsp3) is 0.571. The molecular weight excluding hydrogens is 299 g/mol.